The topological polar surface area (TPSA) is 44.7 Å². The van der Waals surface area contributed by atoms with Gasteiger partial charge < -0.3 is 20.1 Å². The number of hydrogen-bond acceptors (Lipinski definition) is 4. The van der Waals surface area contributed by atoms with E-state index in [9.17, 15) is 5.11 Å². The molecule has 0 bridgehead atoms. The lowest BCUT2D eigenvalue weighted by molar-refractivity contribution is 0.0261. The highest BCUT2D eigenvalue weighted by Crippen LogP contribution is 1.93. The van der Waals surface area contributed by atoms with Crippen molar-refractivity contribution in [2.45, 2.75) is 20.0 Å². The number of hydrogen-bond donors (Lipinski definition) is 2. The van der Waals surface area contributed by atoms with Gasteiger partial charge in [0.1, 0.15) is 0 Å². The summed E-state index contributed by atoms with van der Waals surface area (Å²) in [5.74, 6) is 0.527. The molecule has 0 aromatic carbocycles. The van der Waals surface area contributed by atoms with Gasteiger partial charge in [-0.2, -0.15) is 0 Å². The maximum atomic E-state index is 9.53. The fourth-order valence-corrected chi connectivity index (χ4v) is 1.07. The highest BCUT2D eigenvalue weighted by atomic mass is 16.5. The fourth-order valence-electron chi connectivity index (χ4n) is 1.07. The zero-order valence-corrected chi connectivity index (χ0v) is 10.5. The van der Waals surface area contributed by atoms with Crippen molar-refractivity contribution in [1.82, 2.24) is 10.2 Å². The maximum absolute atomic E-state index is 9.53. The second-order valence-corrected chi connectivity index (χ2v) is 4.59. The van der Waals surface area contributed by atoms with Gasteiger partial charge in [-0.15, -0.1) is 0 Å². The Morgan fingerprint density at radius 3 is 2.47 bits per heavy atom. The summed E-state index contributed by atoms with van der Waals surface area (Å²) in [7, 11) is 4.06. The van der Waals surface area contributed by atoms with Crippen LogP contribution < -0.4 is 5.32 Å². The zero-order valence-electron chi connectivity index (χ0n) is 10.5. The molecule has 0 saturated carbocycles. The minimum Gasteiger partial charge on any atom is -0.389 e. The van der Waals surface area contributed by atoms with Gasteiger partial charge in [-0.25, -0.2) is 0 Å². The van der Waals surface area contributed by atoms with Crippen LogP contribution in [-0.2, 0) is 4.74 Å². The van der Waals surface area contributed by atoms with E-state index in [1.165, 1.54) is 0 Å². The molecule has 0 spiro atoms. The van der Waals surface area contributed by atoms with Crippen LogP contribution in [0.15, 0.2) is 0 Å². The van der Waals surface area contributed by atoms with E-state index < -0.39 is 6.10 Å². The highest BCUT2D eigenvalue weighted by Gasteiger charge is 2.04. The van der Waals surface area contributed by atoms with Crippen molar-refractivity contribution < 1.29 is 9.84 Å². The molecule has 0 radical (unpaired) electrons. The van der Waals surface area contributed by atoms with E-state index in [0.717, 1.165) is 19.7 Å². The van der Waals surface area contributed by atoms with Crippen LogP contribution in [0.2, 0.25) is 0 Å². The SMILES string of the molecule is CC(C)COCC(O)CNCCN(C)C. The number of nitrogens with zero attached hydrogens (tertiary/aromatic N) is 1. The zero-order chi connectivity index (χ0) is 11.7. The van der Waals surface area contributed by atoms with Crippen molar-refractivity contribution in [3.05, 3.63) is 0 Å². The third-order valence-corrected chi connectivity index (χ3v) is 1.88. The molecule has 0 amide bonds. The van der Waals surface area contributed by atoms with Crippen LogP contribution in [0.5, 0.6) is 0 Å². The van der Waals surface area contributed by atoms with Gasteiger partial charge in [-0.1, -0.05) is 13.8 Å². The van der Waals surface area contributed by atoms with Crippen LogP contribution in [0, 0.1) is 5.92 Å². The third-order valence-electron chi connectivity index (χ3n) is 1.88. The number of nitrogens with one attached hydrogen (secondary N) is 1. The number of likely N-dealkylation sites (N-methyl/N-ethyl adjacent to an activating group) is 1. The summed E-state index contributed by atoms with van der Waals surface area (Å²) >= 11 is 0. The van der Waals surface area contributed by atoms with Gasteiger partial charge in [0.25, 0.3) is 0 Å². The molecule has 0 aliphatic rings. The minimum atomic E-state index is -0.397. The van der Waals surface area contributed by atoms with E-state index in [4.69, 9.17) is 4.74 Å². The molecule has 1 unspecified atom stereocenters. The summed E-state index contributed by atoms with van der Waals surface area (Å²) in [6.07, 6.45) is -0.397. The standard InChI is InChI=1S/C11H26N2O2/c1-10(2)8-15-9-11(14)7-12-5-6-13(3)4/h10-12,14H,5-9H2,1-4H3. The third kappa shape index (κ3) is 11.8. The minimum absolute atomic E-state index is 0.397. The first-order valence-electron chi connectivity index (χ1n) is 5.63. The molecule has 2 N–H and O–H groups in total. The van der Waals surface area contributed by atoms with Gasteiger partial charge in [0.2, 0.25) is 0 Å². The Morgan fingerprint density at radius 1 is 1.27 bits per heavy atom. The van der Waals surface area contributed by atoms with Crippen LogP contribution in [0.1, 0.15) is 13.8 Å². The van der Waals surface area contributed by atoms with Crippen molar-refractivity contribution in [3.8, 4) is 0 Å². The lowest BCUT2D eigenvalue weighted by Gasteiger charge is -2.14. The molecule has 0 aliphatic heterocycles. The summed E-state index contributed by atoms with van der Waals surface area (Å²) < 4.78 is 5.33. The molecule has 0 aromatic heterocycles. The van der Waals surface area contributed by atoms with Gasteiger partial charge in [-0.3, -0.25) is 0 Å². The van der Waals surface area contributed by atoms with Crippen LogP contribution >= 0.6 is 0 Å². The normalized spacial score (nSPS) is 13.8. The van der Waals surface area contributed by atoms with Crippen molar-refractivity contribution in [2.75, 3.05) is 46.9 Å². The monoisotopic (exact) mass is 218 g/mol. The second kappa shape index (κ2) is 9.09. The van der Waals surface area contributed by atoms with E-state index in [1.54, 1.807) is 0 Å². The molecule has 0 aliphatic carbocycles. The Hall–Kier alpha value is -0.160. The Balaban J connectivity index is 3.22. The Kier molecular flexibility index (Phi) is 9.00. The van der Waals surface area contributed by atoms with Crippen molar-refractivity contribution in [2.24, 2.45) is 5.92 Å². The number of ether oxygens (including phenoxy) is 1. The maximum Gasteiger partial charge on any atom is 0.0897 e. The molecule has 0 saturated heterocycles. The van der Waals surface area contributed by atoms with E-state index in [0.29, 0.717) is 19.1 Å². The number of aliphatic hydroxyl groups is 1. The van der Waals surface area contributed by atoms with Crippen LogP contribution in [0.4, 0.5) is 0 Å². The molecular formula is C11H26N2O2. The lowest BCUT2D eigenvalue weighted by atomic mass is 10.2. The first kappa shape index (κ1) is 14.8. The average molecular weight is 218 g/mol. The second-order valence-electron chi connectivity index (χ2n) is 4.59. The smallest absolute Gasteiger partial charge is 0.0897 e. The van der Waals surface area contributed by atoms with Gasteiger partial charge in [0.15, 0.2) is 0 Å². The molecule has 4 heteroatoms. The molecule has 1 atom stereocenters. The van der Waals surface area contributed by atoms with Gasteiger partial charge in [0, 0.05) is 26.2 Å². The van der Waals surface area contributed by atoms with E-state index in [2.05, 4.69) is 24.1 Å². The Bertz CT molecular complexity index is 141. The number of aliphatic hydroxyl groups excluding tert-OH is 1. The predicted octanol–water partition coefficient (Wildman–Crippen LogP) is 0.171. The molecule has 4 nitrogen and oxygen atoms in total. The number of rotatable bonds is 9. The largest absolute Gasteiger partial charge is 0.389 e. The van der Waals surface area contributed by atoms with Gasteiger partial charge >= 0.3 is 0 Å². The lowest BCUT2D eigenvalue weighted by Crippen LogP contribution is -2.34. The van der Waals surface area contributed by atoms with E-state index >= 15 is 0 Å². The van der Waals surface area contributed by atoms with Crippen LogP contribution in [0.25, 0.3) is 0 Å². The van der Waals surface area contributed by atoms with Gasteiger partial charge in [-0.05, 0) is 20.0 Å². The first-order valence-corrected chi connectivity index (χ1v) is 5.63. The molecule has 0 fully saturated rings. The molecule has 15 heavy (non-hydrogen) atoms. The average Bonchev–Trinajstić information content (AvgIpc) is 2.11. The summed E-state index contributed by atoms with van der Waals surface area (Å²) in [6, 6.07) is 0. The van der Waals surface area contributed by atoms with Crippen molar-refractivity contribution in [3.63, 3.8) is 0 Å². The van der Waals surface area contributed by atoms with Crippen LogP contribution in [-0.4, -0.2) is 63.1 Å². The summed E-state index contributed by atoms with van der Waals surface area (Å²) in [5.41, 5.74) is 0. The molecule has 92 valence electrons. The Morgan fingerprint density at radius 2 is 1.93 bits per heavy atom. The highest BCUT2D eigenvalue weighted by molar-refractivity contribution is 4.59. The summed E-state index contributed by atoms with van der Waals surface area (Å²) in [6.45, 7) is 7.82. The van der Waals surface area contributed by atoms with Gasteiger partial charge in [0.05, 0.1) is 12.7 Å². The van der Waals surface area contributed by atoms with Crippen molar-refractivity contribution in [1.29, 1.82) is 0 Å². The molecule has 0 aromatic rings. The first-order chi connectivity index (χ1) is 7.02. The Labute approximate surface area is 93.6 Å². The predicted molar refractivity (Wildman–Crippen MR) is 63.1 cm³/mol. The molecular weight excluding hydrogens is 192 g/mol. The quantitative estimate of drug-likeness (QED) is 0.542. The van der Waals surface area contributed by atoms with E-state index in [1.807, 2.05) is 14.1 Å². The van der Waals surface area contributed by atoms with E-state index in [-0.39, 0.29) is 0 Å². The fraction of sp³-hybridized carbons (Fsp3) is 1.00. The molecule has 0 heterocycles. The van der Waals surface area contributed by atoms with Crippen molar-refractivity contribution >= 4 is 0 Å². The summed E-state index contributed by atoms with van der Waals surface area (Å²) in [5, 5.41) is 12.7. The van der Waals surface area contributed by atoms with Crippen LogP contribution in [0.3, 0.4) is 0 Å². The molecule has 0 rings (SSSR count). The summed E-state index contributed by atoms with van der Waals surface area (Å²) in [4.78, 5) is 2.11.